The number of ether oxygens (including phenoxy) is 2. The third kappa shape index (κ3) is 4.01. The summed E-state index contributed by atoms with van der Waals surface area (Å²) in [6.45, 7) is 0.690. The van der Waals surface area contributed by atoms with E-state index in [1.165, 1.54) is 11.9 Å². The Bertz CT molecular complexity index is 815. The van der Waals surface area contributed by atoms with Crippen LogP contribution in [-0.4, -0.2) is 40.3 Å². The molecule has 0 spiro atoms. The summed E-state index contributed by atoms with van der Waals surface area (Å²) in [5.74, 6) is 0.417. The number of rotatable bonds is 7. The number of nitrogens with two attached hydrogens (primary N) is 1. The Balaban J connectivity index is 1.88. The summed E-state index contributed by atoms with van der Waals surface area (Å²) in [4.78, 5) is 8.49. The molecule has 3 aromatic rings. The van der Waals surface area contributed by atoms with Crippen LogP contribution in [0.3, 0.4) is 0 Å². The van der Waals surface area contributed by atoms with Crippen LogP contribution in [0.15, 0.2) is 49.1 Å². The van der Waals surface area contributed by atoms with Gasteiger partial charge in [0.05, 0.1) is 18.4 Å². The summed E-state index contributed by atoms with van der Waals surface area (Å²) >= 11 is 0. The molecule has 1 aromatic carbocycles. The van der Waals surface area contributed by atoms with Crippen LogP contribution < -0.4 is 5.73 Å². The van der Waals surface area contributed by atoms with Crippen LogP contribution in [-0.2, 0) is 22.4 Å². The monoisotopic (exact) mass is 339 g/mol. The number of hydrogen-bond donors (Lipinski definition) is 1. The Morgan fingerprint density at radius 1 is 1.12 bits per heavy atom. The lowest BCUT2D eigenvalue weighted by molar-refractivity contribution is -0.100. The van der Waals surface area contributed by atoms with Crippen LogP contribution in [0.5, 0.6) is 0 Å². The van der Waals surface area contributed by atoms with Gasteiger partial charge in [-0.05, 0) is 5.56 Å². The van der Waals surface area contributed by atoms with Crippen molar-refractivity contribution in [3.05, 3.63) is 60.2 Å². The van der Waals surface area contributed by atoms with Gasteiger partial charge in [0.1, 0.15) is 12.1 Å². The molecule has 0 fully saturated rings. The lowest BCUT2D eigenvalue weighted by atomic mass is 10.1. The number of benzene rings is 1. The molecule has 7 nitrogen and oxygen atoms in total. The summed E-state index contributed by atoms with van der Waals surface area (Å²) in [5, 5.41) is 4.43. The van der Waals surface area contributed by atoms with Crippen LogP contribution in [0.4, 0.5) is 5.82 Å². The molecule has 0 aliphatic carbocycles. The molecule has 7 heteroatoms. The molecule has 130 valence electrons. The van der Waals surface area contributed by atoms with Crippen molar-refractivity contribution in [1.29, 1.82) is 0 Å². The van der Waals surface area contributed by atoms with E-state index in [0.29, 0.717) is 18.8 Å². The number of aromatic nitrogens is 4. The molecule has 25 heavy (non-hydrogen) atoms. The number of nitrogen functional groups attached to an aromatic ring is 1. The maximum atomic E-state index is 6.06. The predicted octanol–water partition coefficient (Wildman–Crippen LogP) is 2.13. The number of nitrogens with zero attached hydrogens (tertiary/aromatic N) is 4. The number of hydrogen-bond acceptors (Lipinski definition) is 6. The molecule has 0 saturated heterocycles. The van der Waals surface area contributed by atoms with E-state index in [1.54, 1.807) is 20.4 Å². The molecule has 0 unspecified atom stereocenters. The molecule has 0 radical (unpaired) electrons. The largest absolute Gasteiger partial charge is 0.383 e. The zero-order valence-corrected chi connectivity index (χ0v) is 14.3. The zero-order chi connectivity index (χ0) is 17.6. The van der Waals surface area contributed by atoms with Gasteiger partial charge in [0.15, 0.2) is 6.29 Å². The first kappa shape index (κ1) is 17.1. The van der Waals surface area contributed by atoms with Gasteiger partial charge in [0.2, 0.25) is 0 Å². The van der Waals surface area contributed by atoms with Gasteiger partial charge < -0.3 is 15.2 Å². The third-order valence-electron chi connectivity index (χ3n) is 3.97. The highest BCUT2D eigenvalue weighted by molar-refractivity contribution is 5.66. The second-order valence-corrected chi connectivity index (χ2v) is 5.60. The van der Waals surface area contributed by atoms with E-state index in [9.17, 15) is 0 Å². The first-order valence-electron chi connectivity index (χ1n) is 7.93. The molecule has 0 aliphatic heterocycles. The van der Waals surface area contributed by atoms with Crippen molar-refractivity contribution in [3.63, 3.8) is 0 Å². The van der Waals surface area contributed by atoms with Gasteiger partial charge in [-0.2, -0.15) is 5.10 Å². The molecule has 0 amide bonds. The van der Waals surface area contributed by atoms with Crippen molar-refractivity contribution >= 4 is 5.82 Å². The second-order valence-electron chi connectivity index (χ2n) is 5.60. The summed E-state index contributed by atoms with van der Waals surface area (Å²) < 4.78 is 12.4. The fraction of sp³-hybridized carbons (Fsp3) is 0.278. The van der Waals surface area contributed by atoms with Crippen molar-refractivity contribution in [1.82, 2.24) is 19.7 Å². The Kier molecular flexibility index (Phi) is 5.37. The molecular weight excluding hydrogens is 318 g/mol. The summed E-state index contributed by atoms with van der Waals surface area (Å²) in [6, 6.07) is 10.2. The van der Waals surface area contributed by atoms with E-state index in [1.807, 2.05) is 29.1 Å². The Morgan fingerprint density at radius 3 is 2.60 bits per heavy atom. The van der Waals surface area contributed by atoms with Crippen molar-refractivity contribution in [2.24, 2.45) is 0 Å². The zero-order valence-electron chi connectivity index (χ0n) is 14.3. The van der Waals surface area contributed by atoms with Gasteiger partial charge in [0, 0.05) is 38.0 Å². The van der Waals surface area contributed by atoms with Gasteiger partial charge in [-0.25, -0.2) is 9.97 Å². The Hall–Kier alpha value is -2.77. The van der Waals surface area contributed by atoms with Crippen molar-refractivity contribution in [2.75, 3.05) is 20.0 Å². The first-order chi connectivity index (χ1) is 12.2. The Labute approximate surface area is 146 Å². The third-order valence-corrected chi connectivity index (χ3v) is 3.97. The lowest BCUT2D eigenvalue weighted by Gasteiger charge is -2.16. The molecule has 0 saturated carbocycles. The average Bonchev–Trinajstić information content (AvgIpc) is 3.09. The Morgan fingerprint density at radius 2 is 1.88 bits per heavy atom. The van der Waals surface area contributed by atoms with Crippen molar-refractivity contribution in [3.8, 4) is 11.3 Å². The van der Waals surface area contributed by atoms with Crippen molar-refractivity contribution in [2.45, 2.75) is 19.3 Å². The molecule has 2 aromatic heterocycles. The molecule has 0 atom stereocenters. The van der Waals surface area contributed by atoms with Crippen LogP contribution in [0.2, 0.25) is 0 Å². The van der Waals surface area contributed by atoms with E-state index in [2.05, 4.69) is 27.2 Å². The molecule has 2 N–H and O–H groups in total. The number of methoxy groups -OCH3 is 2. The quantitative estimate of drug-likeness (QED) is 0.664. The summed E-state index contributed by atoms with van der Waals surface area (Å²) in [7, 11) is 3.18. The minimum atomic E-state index is -0.411. The van der Waals surface area contributed by atoms with Crippen molar-refractivity contribution < 1.29 is 9.47 Å². The lowest BCUT2D eigenvalue weighted by Crippen LogP contribution is -2.18. The minimum absolute atomic E-state index is 0.411. The molecule has 0 bridgehead atoms. The predicted molar refractivity (Wildman–Crippen MR) is 94.7 cm³/mol. The summed E-state index contributed by atoms with van der Waals surface area (Å²) in [6.07, 6.45) is 5.23. The van der Waals surface area contributed by atoms with Gasteiger partial charge >= 0.3 is 0 Å². The topological polar surface area (TPSA) is 88.1 Å². The minimum Gasteiger partial charge on any atom is -0.383 e. The maximum absolute atomic E-state index is 6.06. The smallest absolute Gasteiger partial charge is 0.161 e. The van der Waals surface area contributed by atoms with Gasteiger partial charge in [0.25, 0.3) is 0 Å². The van der Waals surface area contributed by atoms with E-state index in [-0.39, 0.29) is 0 Å². The van der Waals surface area contributed by atoms with Crippen LogP contribution in [0.1, 0.15) is 11.1 Å². The summed E-state index contributed by atoms with van der Waals surface area (Å²) in [5.41, 5.74) is 9.65. The average molecular weight is 339 g/mol. The first-order valence-corrected chi connectivity index (χ1v) is 7.93. The van der Waals surface area contributed by atoms with E-state index < -0.39 is 6.29 Å². The van der Waals surface area contributed by atoms with Gasteiger partial charge in [-0.15, -0.1) is 0 Å². The standard InChI is InChI=1S/C18H21N5O2/c1-24-16(25-2)8-15-17(20-12-21-18(15)19)14-9-22-23(11-14)10-13-6-4-3-5-7-13/h3-7,9,11-12,16H,8,10H2,1-2H3,(H2,19,20,21). The van der Waals surface area contributed by atoms with Crippen LogP contribution in [0.25, 0.3) is 11.3 Å². The fourth-order valence-electron chi connectivity index (χ4n) is 2.65. The van der Waals surface area contributed by atoms with Gasteiger partial charge in [-0.1, -0.05) is 30.3 Å². The van der Waals surface area contributed by atoms with Crippen LogP contribution in [0, 0.1) is 0 Å². The van der Waals surface area contributed by atoms with E-state index >= 15 is 0 Å². The molecular formula is C18H21N5O2. The second kappa shape index (κ2) is 7.87. The normalized spacial score (nSPS) is 11.2. The molecule has 2 heterocycles. The fourth-order valence-corrected chi connectivity index (χ4v) is 2.65. The van der Waals surface area contributed by atoms with E-state index in [4.69, 9.17) is 15.2 Å². The molecule has 0 aliphatic rings. The van der Waals surface area contributed by atoms with Crippen LogP contribution >= 0.6 is 0 Å². The molecule has 3 rings (SSSR count). The number of anilines is 1. The SMILES string of the molecule is COC(Cc1c(N)ncnc1-c1cnn(Cc2ccccc2)c1)OC. The van der Waals surface area contributed by atoms with E-state index in [0.717, 1.165) is 16.8 Å². The highest BCUT2D eigenvalue weighted by Gasteiger charge is 2.17. The van der Waals surface area contributed by atoms with Gasteiger partial charge in [-0.3, -0.25) is 4.68 Å². The highest BCUT2D eigenvalue weighted by Crippen LogP contribution is 2.26. The highest BCUT2D eigenvalue weighted by atomic mass is 16.7. The maximum Gasteiger partial charge on any atom is 0.161 e.